The highest BCUT2D eigenvalue weighted by molar-refractivity contribution is 6.30. The average molecular weight is 522 g/mol. The maximum Gasteiger partial charge on any atom is 0.337 e. The molecule has 1 saturated heterocycles. The number of para-hydroxylation sites is 1. The molecule has 1 unspecified atom stereocenters. The van der Waals surface area contributed by atoms with Crippen molar-refractivity contribution in [3.8, 4) is 0 Å². The molecule has 0 saturated carbocycles. The predicted octanol–water partition coefficient (Wildman–Crippen LogP) is 5.54. The van der Waals surface area contributed by atoms with Crippen LogP contribution in [0.1, 0.15) is 33.2 Å². The molecule has 1 aliphatic rings. The van der Waals surface area contributed by atoms with Crippen molar-refractivity contribution in [3.63, 3.8) is 0 Å². The monoisotopic (exact) mass is 521 g/mol. The van der Waals surface area contributed by atoms with Gasteiger partial charge in [0.05, 0.1) is 25.4 Å². The van der Waals surface area contributed by atoms with Crippen LogP contribution in [0, 0.1) is 6.92 Å². The van der Waals surface area contributed by atoms with Gasteiger partial charge < -0.3 is 19.7 Å². The maximum absolute atomic E-state index is 12.8. The molecule has 0 bridgehead atoms. The molecule has 1 aliphatic heterocycles. The van der Waals surface area contributed by atoms with Crippen molar-refractivity contribution in [1.29, 1.82) is 0 Å². The number of halogens is 1. The fourth-order valence-electron chi connectivity index (χ4n) is 4.26. The Labute approximate surface area is 222 Å². The number of urea groups is 1. The van der Waals surface area contributed by atoms with Crippen LogP contribution < -0.4 is 5.32 Å². The van der Waals surface area contributed by atoms with Crippen LogP contribution in [0.3, 0.4) is 0 Å². The molecule has 37 heavy (non-hydrogen) atoms. The van der Waals surface area contributed by atoms with Crippen LogP contribution in [-0.4, -0.2) is 61.6 Å². The summed E-state index contributed by atoms with van der Waals surface area (Å²) in [6, 6.07) is 22.6. The van der Waals surface area contributed by atoms with E-state index in [-0.39, 0.29) is 18.1 Å². The van der Waals surface area contributed by atoms with Crippen LogP contribution in [0.5, 0.6) is 0 Å². The van der Waals surface area contributed by atoms with E-state index < -0.39 is 0 Å². The lowest BCUT2D eigenvalue weighted by Gasteiger charge is -2.36. The van der Waals surface area contributed by atoms with Gasteiger partial charge in [-0.25, -0.2) is 9.59 Å². The number of benzene rings is 3. The first kappa shape index (κ1) is 26.7. The number of amides is 2. The SMILES string of the molecule is COC(=O)c1ccc(COC(CN2CCN(C(=O)Nc3ccccc3C)CC2)c2ccc(Cl)cc2)cc1. The summed E-state index contributed by atoms with van der Waals surface area (Å²) < 4.78 is 11.1. The molecule has 3 aromatic rings. The van der Waals surface area contributed by atoms with E-state index in [1.165, 1.54) is 7.11 Å². The molecule has 0 spiro atoms. The van der Waals surface area contributed by atoms with Crippen molar-refractivity contribution in [1.82, 2.24) is 9.80 Å². The number of hydrogen-bond acceptors (Lipinski definition) is 5. The third kappa shape index (κ3) is 7.32. The van der Waals surface area contributed by atoms with E-state index in [4.69, 9.17) is 21.1 Å². The van der Waals surface area contributed by atoms with Gasteiger partial charge >= 0.3 is 12.0 Å². The number of carbonyl (C=O) groups excluding carboxylic acids is 2. The number of aryl methyl sites for hydroxylation is 1. The molecule has 4 rings (SSSR count). The largest absolute Gasteiger partial charge is 0.465 e. The first-order valence-corrected chi connectivity index (χ1v) is 12.7. The van der Waals surface area contributed by atoms with Gasteiger partial charge in [-0.1, -0.05) is 54.1 Å². The van der Waals surface area contributed by atoms with Crippen molar-refractivity contribution in [2.75, 3.05) is 45.2 Å². The van der Waals surface area contributed by atoms with Crippen molar-refractivity contribution in [3.05, 3.63) is 100 Å². The molecule has 1 heterocycles. The molecule has 1 atom stereocenters. The lowest BCUT2D eigenvalue weighted by molar-refractivity contribution is 0.00592. The Hall–Kier alpha value is -3.39. The summed E-state index contributed by atoms with van der Waals surface area (Å²) in [5.74, 6) is -0.363. The summed E-state index contributed by atoms with van der Waals surface area (Å²) in [5, 5.41) is 3.70. The zero-order valence-electron chi connectivity index (χ0n) is 21.2. The third-order valence-corrected chi connectivity index (χ3v) is 6.79. The highest BCUT2D eigenvalue weighted by Gasteiger charge is 2.24. The number of anilines is 1. The summed E-state index contributed by atoms with van der Waals surface area (Å²) in [4.78, 5) is 28.6. The normalized spacial score (nSPS) is 14.7. The van der Waals surface area contributed by atoms with Gasteiger partial charge in [-0.3, -0.25) is 4.90 Å². The zero-order valence-corrected chi connectivity index (χ0v) is 21.9. The number of ether oxygens (including phenoxy) is 2. The van der Waals surface area contributed by atoms with Gasteiger partial charge in [0.2, 0.25) is 0 Å². The number of rotatable bonds is 8. The second-order valence-electron chi connectivity index (χ2n) is 9.07. The first-order valence-electron chi connectivity index (χ1n) is 12.3. The summed E-state index contributed by atoms with van der Waals surface area (Å²) >= 11 is 6.11. The number of piperazine rings is 1. The van der Waals surface area contributed by atoms with Crippen LogP contribution >= 0.6 is 11.6 Å². The zero-order chi connectivity index (χ0) is 26.2. The highest BCUT2D eigenvalue weighted by Crippen LogP contribution is 2.24. The van der Waals surface area contributed by atoms with Crippen LogP contribution in [-0.2, 0) is 16.1 Å². The maximum atomic E-state index is 12.8. The summed E-state index contributed by atoms with van der Waals surface area (Å²) in [5.41, 5.74) is 4.38. The second kappa shape index (κ2) is 12.7. The van der Waals surface area contributed by atoms with E-state index in [1.807, 2.05) is 72.5 Å². The van der Waals surface area contributed by atoms with E-state index in [0.29, 0.717) is 36.8 Å². The van der Waals surface area contributed by atoms with Crippen molar-refractivity contribution >= 4 is 29.3 Å². The van der Waals surface area contributed by atoms with Crippen molar-refractivity contribution in [2.24, 2.45) is 0 Å². The van der Waals surface area contributed by atoms with Crippen LogP contribution in [0.15, 0.2) is 72.8 Å². The fraction of sp³-hybridized carbons (Fsp3) is 0.310. The molecule has 7 nitrogen and oxygen atoms in total. The number of nitrogens with one attached hydrogen (secondary N) is 1. The Morgan fingerprint density at radius 3 is 2.27 bits per heavy atom. The van der Waals surface area contributed by atoms with Gasteiger partial charge in [0, 0.05) is 43.4 Å². The van der Waals surface area contributed by atoms with E-state index >= 15 is 0 Å². The van der Waals surface area contributed by atoms with Gasteiger partial charge in [0.15, 0.2) is 0 Å². The summed E-state index contributed by atoms with van der Waals surface area (Å²) in [6.45, 7) is 5.85. The standard InChI is InChI=1S/C29H32ClN3O4/c1-21-5-3-4-6-26(21)31-29(35)33-17-15-32(16-18-33)19-27(23-11-13-25(30)14-12-23)37-20-22-7-9-24(10-8-22)28(34)36-2/h3-14,27H,15-20H2,1-2H3,(H,31,35). The van der Waals surface area contributed by atoms with Crippen molar-refractivity contribution in [2.45, 2.75) is 19.6 Å². The Kier molecular flexibility index (Phi) is 9.17. The molecule has 8 heteroatoms. The van der Waals surface area contributed by atoms with Crippen molar-refractivity contribution < 1.29 is 19.1 Å². The number of esters is 1. The van der Waals surface area contributed by atoms with Crippen LogP contribution in [0.25, 0.3) is 0 Å². The molecule has 0 aromatic heterocycles. The smallest absolute Gasteiger partial charge is 0.337 e. The molecule has 0 radical (unpaired) electrons. The van der Waals surface area contributed by atoms with Crippen LogP contribution in [0.2, 0.25) is 5.02 Å². The van der Waals surface area contributed by atoms with Gasteiger partial charge in [-0.2, -0.15) is 0 Å². The fourth-order valence-corrected chi connectivity index (χ4v) is 4.38. The van der Waals surface area contributed by atoms with Gasteiger partial charge in [0.25, 0.3) is 0 Å². The topological polar surface area (TPSA) is 71.1 Å². The number of methoxy groups -OCH3 is 1. The van der Waals surface area contributed by atoms with Gasteiger partial charge in [-0.05, 0) is 53.9 Å². The number of carbonyl (C=O) groups is 2. The molecule has 194 valence electrons. The first-order chi connectivity index (χ1) is 17.9. The minimum atomic E-state index is -0.363. The van der Waals surface area contributed by atoms with E-state index in [9.17, 15) is 9.59 Å². The second-order valence-corrected chi connectivity index (χ2v) is 9.51. The Balaban J connectivity index is 1.35. The molecule has 2 amide bonds. The predicted molar refractivity (Wildman–Crippen MR) is 145 cm³/mol. The van der Waals surface area contributed by atoms with Crippen LogP contribution in [0.4, 0.5) is 10.5 Å². The Bertz CT molecular complexity index is 1190. The molecule has 1 N–H and O–H groups in total. The summed E-state index contributed by atoms with van der Waals surface area (Å²) in [6.07, 6.45) is -0.176. The number of hydrogen-bond donors (Lipinski definition) is 1. The lowest BCUT2D eigenvalue weighted by atomic mass is 10.1. The number of nitrogens with zero attached hydrogens (tertiary/aromatic N) is 2. The van der Waals surface area contributed by atoms with E-state index in [0.717, 1.165) is 35.5 Å². The minimum absolute atomic E-state index is 0.0742. The molecule has 0 aliphatic carbocycles. The van der Waals surface area contributed by atoms with E-state index in [2.05, 4.69) is 10.2 Å². The molecular weight excluding hydrogens is 490 g/mol. The molecule has 1 fully saturated rings. The van der Waals surface area contributed by atoms with Gasteiger partial charge in [-0.15, -0.1) is 0 Å². The van der Waals surface area contributed by atoms with E-state index in [1.54, 1.807) is 12.1 Å². The minimum Gasteiger partial charge on any atom is -0.465 e. The highest BCUT2D eigenvalue weighted by atomic mass is 35.5. The molecular formula is C29H32ClN3O4. The Morgan fingerprint density at radius 1 is 0.946 bits per heavy atom. The third-order valence-electron chi connectivity index (χ3n) is 6.54. The average Bonchev–Trinajstić information content (AvgIpc) is 2.93. The van der Waals surface area contributed by atoms with Gasteiger partial charge in [0.1, 0.15) is 0 Å². The lowest BCUT2D eigenvalue weighted by Crippen LogP contribution is -2.50. The quantitative estimate of drug-likeness (QED) is 0.394. The molecule has 3 aromatic carbocycles. The Morgan fingerprint density at radius 2 is 1.62 bits per heavy atom. The summed E-state index contributed by atoms with van der Waals surface area (Å²) in [7, 11) is 1.37.